The third-order valence-electron chi connectivity index (χ3n) is 4.81. The van der Waals surface area contributed by atoms with Crippen LogP contribution in [0.2, 0.25) is 0 Å². The van der Waals surface area contributed by atoms with Crippen LogP contribution in [-0.2, 0) is 11.0 Å². The summed E-state index contributed by atoms with van der Waals surface area (Å²) in [6.07, 6.45) is -2.75. The standard InChI is InChI=1S/C19H22F3N3O2/c1-14(17-6-3-11-27-17)23-13-18(26)25-9-7-24(8-10-25)16-5-2-4-15(12-16)19(20,21)22/h2-6,11-12,14,23H,7-10,13H2,1H3/p+1/t14-/m0/s1. The lowest BCUT2D eigenvalue weighted by Crippen LogP contribution is -2.87. The molecule has 0 saturated carbocycles. The Morgan fingerprint density at radius 2 is 1.93 bits per heavy atom. The molecule has 1 aromatic carbocycles. The van der Waals surface area contributed by atoms with Gasteiger partial charge in [0.15, 0.2) is 12.3 Å². The second-order valence-electron chi connectivity index (χ2n) is 6.66. The van der Waals surface area contributed by atoms with Crippen molar-refractivity contribution in [1.82, 2.24) is 4.90 Å². The molecule has 2 aromatic rings. The number of nitrogens with two attached hydrogens (primary N) is 1. The van der Waals surface area contributed by atoms with Gasteiger partial charge in [0.2, 0.25) is 0 Å². The molecule has 5 nitrogen and oxygen atoms in total. The number of rotatable bonds is 5. The lowest BCUT2D eigenvalue weighted by Gasteiger charge is -2.36. The van der Waals surface area contributed by atoms with Crippen molar-refractivity contribution in [3.8, 4) is 0 Å². The Bertz CT molecular complexity index is 754. The van der Waals surface area contributed by atoms with E-state index in [0.29, 0.717) is 38.4 Å². The fraction of sp³-hybridized carbons (Fsp3) is 0.421. The highest BCUT2D eigenvalue weighted by atomic mass is 19.4. The largest absolute Gasteiger partial charge is 0.463 e. The highest BCUT2D eigenvalue weighted by molar-refractivity contribution is 5.77. The summed E-state index contributed by atoms with van der Waals surface area (Å²) < 4.78 is 43.9. The van der Waals surface area contributed by atoms with Gasteiger partial charge >= 0.3 is 6.18 Å². The predicted molar refractivity (Wildman–Crippen MR) is 94.2 cm³/mol. The second-order valence-corrected chi connectivity index (χ2v) is 6.66. The zero-order valence-corrected chi connectivity index (χ0v) is 15.1. The Morgan fingerprint density at radius 3 is 2.56 bits per heavy atom. The second kappa shape index (κ2) is 8.04. The van der Waals surface area contributed by atoms with Crippen molar-refractivity contribution in [3.05, 3.63) is 54.0 Å². The van der Waals surface area contributed by atoms with Gasteiger partial charge in [0.1, 0.15) is 6.04 Å². The molecule has 1 saturated heterocycles. The number of amides is 1. The zero-order valence-electron chi connectivity index (χ0n) is 15.1. The van der Waals surface area contributed by atoms with Gasteiger partial charge in [-0.3, -0.25) is 4.79 Å². The molecule has 1 aliphatic heterocycles. The molecule has 146 valence electrons. The van der Waals surface area contributed by atoms with Crippen LogP contribution in [-0.4, -0.2) is 43.5 Å². The number of hydrogen-bond donors (Lipinski definition) is 1. The number of anilines is 1. The lowest BCUT2D eigenvalue weighted by molar-refractivity contribution is -0.685. The zero-order chi connectivity index (χ0) is 19.4. The minimum absolute atomic E-state index is 0.0251. The number of benzene rings is 1. The van der Waals surface area contributed by atoms with Crippen LogP contribution < -0.4 is 10.2 Å². The van der Waals surface area contributed by atoms with Crippen molar-refractivity contribution in [2.45, 2.75) is 19.1 Å². The van der Waals surface area contributed by atoms with Crippen LogP contribution in [0.15, 0.2) is 47.1 Å². The molecule has 8 heteroatoms. The fourth-order valence-corrected chi connectivity index (χ4v) is 3.17. The van der Waals surface area contributed by atoms with Gasteiger partial charge < -0.3 is 19.5 Å². The molecule has 2 heterocycles. The first-order valence-corrected chi connectivity index (χ1v) is 8.91. The molecule has 3 rings (SSSR count). The maximum absolute atomic E-state index is 12.9. The van der Waals surface area contributed by atoms with Crippen molar-refractivity contribution in [1.29, 1.82) is 0 Å². The summed E-state index contributed by atoms with van der Waals surface area (Å²) in [5.41, 5.74) is -0.116. The van der Waals surface area contributed by atoms with Gasteiger partial charge in [0, 0.05) is 31.9 Å². The third kappa shape index (κ3) is 4.82. The Hall–Kier alpha value is -2.48. The molecule has 1 atom stereocenters. The summed E-state index contributed by atoms with van der Waals surface area (Å²) in [6.45, 7) is 4.31. The number of carbonyl (C=O) groups is 1. The van der Waals surface area contributed by atoms with Gasteiger partial charge in [-0.2, -0.15) is 13.2 Å². The number of quaternary nitrogens is 1. The van der Waals surface area contributed by atoms with Crippen molar-refractivity contribution in [2.24, 2.45) is 0 Å². The van der Waals surface area contributed by atoms with Gasteiger partial charge in [-0.15, -0.1) is 0 Å². The molecule has 1 amide bonds. The highest BCUT2D eigenvalue weighted by Crippen LogP contribution is 2.31. The van der Waals surface area contributed by atoms with E-state index in [1.165, 1.54) is 6.07 Å². The van der Waals surface area contributed by atoms with Crippen molar-refractivity contribution in [2.75, 3.05) is 37.6 Å². The van der Waals surface area contributed by atoms with Crippen LogP contribution in [0, 0.1) is 0 Å². The first-order chi connectivity index (χ1) is 12.8. The summed E-state index contributed by atoms with van der Waals surface area (Å²) in [6, 6.07) is 9.06. The van der Waals surface area contributed by atoms with Gasteiger partial charge in [-0.05, 0) is 37.3 Å². The minimum Gasteiger partial charge on any atom is -0.463 e. The van der Waals surface area contributed by atoms with Crippen molar-refractivity contribution in [3.63, 3.8) is 0 Å². The number of carbonyl (C=O) groups excluding carboxylic acids is 1. The molecule has 27 heavy (non-hydrogen) atoms. The molecular weight excluding hydrogens is 359 g/mol. The van der Waals surface area contributed by atoms with Crippen LogP contribution in [0.5, 0.6) is 0 Å². The predicted octanol–water partition coefficient (Wildman–Crippen LogP) is 2.27. The molecule has 0 spiro atoms. The molecule has 0 unspecified atom stereocenters. The Balaban J connectivity index is 1.50. The van der Waals surface area contributed by atoms with Crippen molar-refractivity contribution < 1.29 is 27.7 Å². The van der Waals surface area contributed by atoms with E-state index in [1.54, 1.807) is 17.2 Å². The number of hydrogen-bond acceptors (Lipinski definition) is 3. The number of furan rings is 1. The normalized spacial score (nSPS) is 16.4. The summed E-state index contributed by atoms with van der Waals surface area (Å²) in [5.74, 6) is 0.842. The Morgan fingerprint density at radius 1 is 1.19 bits per heavy atom. The van der Waals surface area contributed by atoms with Gasteiger partial charge in [0.25, 0.3) is 5.91 Å². The van der Waals surface area contributed by atoms with Crippen LogP contribution in [0.25, 0.3) is 0 Å². The number of nitrogens with zero attached hydrogens (tertiary/aromatic N) is 2. The van der Waals surface area contributed by atoms with E-state index < -0.39 is 11.7 Å². The van der Waals surface area contributed by atoms with E-state index in [-0.39, 0.29) is 11.9 Å². The molecule has 0 radical (unpaired) electrons. The highest BCUT2D eigenvalue weighted by Gasteiger charge is 2.31. The summed E-state index contributed by atoms with van der Waals surface area (Å²) in [7, 11) is 0. The maximum Gasteiger partial charge on any atom is 0.416 e. The monoisotopic (exact) mass is 382 g/mol. The van der Waals surface area contributed by atoms with Gasteiger partial charge in [0.05, 0.1) is 11.8 Å². The SMILES string of the molecule is C[C@H]([NH2+]CC(=O)N1CCN(c2cccc(C(F)(F)F)c2)CC1)c1ccco1. The van der Waals surface area contributed by atoms with E-state index in [2.05, 4.69) is 0 Å². The minimum atomic E-state index is -4.35. The first-order valence-electron chi connectivity index (χ1n) is 8.91. The van der Waals surface area contributed by atoms with E-state index >= 15 is 0 Å². The van der Waals surface area contributed by atoms with Crippen LogP contribution in [0.4, 0.5) is 18.9 Å². The van der Waals surface area contributed by atoms with E-state index in [1.807, 2.05) is 29.3 Å². The summed E-state index contributed by atoms with van der Waals surface area (Å²) in [4.78, 5) is 16.0. The first kappa shape index (κ1) is 19.3. The van der Waals surface area contributed by atoms with E-state index in [4.69, 9.17) is 4.42 Å². The fourth-order valence-electron chi connectivity index (χ4n) is 3.17. The molecule has 1 aromatic heterocycles. The molecule has 1 aliphatic rings. The number of piperazine rings is 1. The van der Waals surface area contributed by atoms with Crippen molar-refractivity contribution >= 4 is 11.6 Å². The van der Waals surface area contributed by atoms with Crippen LogP contribution in [0.1, 0.15) is 24.3 Å². The maximum atomic E-state index is 12.9. The quantitative estimate of drug-likeness (QED) is 0.863. The molecule has 2 N–H and O–H groups in total. The Kier molecular flexibility index (Phi) is 5.74. The Labute approximate surface area is 155 Å². The van der Waals surface area contributed by atoms with Crippen LogP contribution in [0.3, 0.4) is 0 Å². The van der Waals surface area contributed by atoms with Gasteiger partial charge in [-0.25, -0.2) is 0 Å². The smallest absolute Gasteiger partial charge is 0.416 e. The van der Waals surface area contributed by atoms with Gasteiger partial charge in [-0.1, -0.05) is 6.07 Å². The van der Waals surface area contributed by atoms with E-state index in [9.17, 15) is 18.0 Å². The molecular formula is C19H23F3N3O2+. The lowest BCUT2D eigenvalue weighted by atomic mass is 10.1. The molecule has 1 fully saturated rings. The topological polar surface area (TPSA) is 53.3 Å². The third-order valence-corrected chi connectivity index (χ3v) is 4.81. The molecule has 0 bridgehead atoms. The molecule has 0 aliphatic carbocycles. The average molecular weight is 382 g/mol. The van der Waals surface area contributed by atoms with E-state index in [0.717, 1.165) is 17.9 Å². The summed E-state index contributed by atoms with van der Waals surface area (Å²) >= 11 is 0. The number of halogens is 3. The average Bonchev–Trinajstić information content (AvgIpc) is 3.20. The summed E-state index contributed by atoms with van der Waals surface area (Å²) in [5, 5.41) is 1.92. The van der Waals surface area contributed by atoms with Crippen LogP contribution >= 0.6 is 0 Å². The number of alkyl halides is 3.